The molecule has 0 atom stereocenters. The van der Waals surface area contributed by atoms with Crippen molar-refractivity contribution in [3.63, 3.8) is 0 Å². The number of anilines is 1. The van der Waals surface area contributed by atoms with Crippen molar-refractivity contribution in [2.24, 2.45) is 0 Å². The quantitative estimate of drug-likeness (QED) is 0.530. The number of amides is 1. The molecule has 88 valence electrons. The molecule has 7 nitrogen and oxygen atoms in total. The van der Waals surface area contributed by atoms with Crippen molar-refractivity contribution in [2.45, 2.75) is 6.92 Å². The second-order valence-corrected chi connectivity index (χ2v) is 3.89. The molecule has 0 aliphatic heterocycles. The van der Waals surface area contributed by atoms with Gasteiger partial charge in [-0.3, -0.25) is 9.35 Å². The van der Waals surface area contributed by atoms with Crippen molar-refractivity contribution in [2.75, 3.05) is 5.32 Å². The summed E-state index contributed by atoms with van der Waals surface area (Å²) in [5.41, 5.74) is 0.107. The number of carbonyl (C=O) groups excluding carboxylic acids is 1. The van der Waals surface area contributed by atoms with Gasteiger partial charge in [0.1, 0.15) is 11.5 Å². The summed E-state index contributed by atoms with van der Waals surface area (Å²) in [6, 6.07) is 3.34. The van der Waals surface area contributed by atoms with E-state index in [0.717, 1.165) is 6.07 Å². The Labute approximate surface area is 91.6 Å². The summed E-state index contributed by atoms with van der Waals surface area (Å²) in [6.45, 7) is 1.25. The number of hydrogen-bond donors (Lipinski definition) is 3. The predicted octanol–water partition coefficient (Wildman–Crippen LogP) is 0.532. The van der Waals surface area contributed by atoms with E-state index in [4.69, 9.17) is 4.55 Å². The van der Waals surface area contributed by atoms with Gasteiger partial charge in [-0.05, 0) is 12.1 Å². The van der Waals surface area contributed by atoms with Gasteiger partial charge in [-0.2, -0.15) is 8.42 Å². The molecule has 0 aliphatic carbocycles. The van der Waals surface area contributed by atoms with Gasteiger partial charge in [0.2, 0.25) is 5.91 Å². The maximum atomic E-state index is 10.7. The fourth-order valence-electron chi connectivity index (χ4n) is 0.980. The number of hydrogen-bond acceptors (Lipinski definition) is 5. The van der Waals surface area contributed by atoms with Crippen LogP contribution in [0.4, 0.5) is 5.69 Å². The van der Waals surface area contributed by atoms with E-state index in [-0.39, 0.29) is 17.2 Å². The smallest absolute Gasteiger partial charge is 0.446 e. The summed E-state index contributed by atoms with van der Waals surface area (Å²) < 4.78 is 33.2. The van der Waals surface area contributed by atoms with Crippen LogP contribution in [0, 0.1) is 0 Å². The third-order valence-corrected chi connectivity index (χ3v) is 1.88. The van der Waals surface area contributed by atoms with Crippen LogP contribution in [0.2, 0.25) is 0 Å². The Morgan fingerprint density at radius 3 is 2.50 bits per heavy atom. The average Bonchev–Trinajstić information content (AvgIpc) is 2.06. The molecule has 0 bridgehead atoms. The SMILES string of the molecule is CC(=O)Nc1ccc(OS(=O)(=O)O)cc1O. The van der Waals surface area contributed by atoms with Crippen LogP contribution in [-0.2, 0) is 15.2 Å². The first kappa shape index (κ1) is 12.3. The molecule has 0 radical (unpaired) electrons. The minimum Gasteiger partial charge on any atom is -0.506 e. The summed E-state index contributed by atoms with van der Waals surface area (Å²) in [5, 5.41) is 11.7. The molecule has 1 rings (SSSR count). The second-order valence-electron chi connectivity index (χ2n) is 2.87. The summed E-state index contributed by atoms with van der Waals surface area (Å²) in [6.07, 6.45) is 0. The van der Waals surface area contributed by atoms with Crippen molar-refractivity contribution in [1.82, 2.24) is 0 Å². The Kier molecular flexibility index (Phi) is 3.35. The first-order valence-corrected chi connectivity index (χ1v) is 5.42. The highest BCUT2D eigenvalue weighted by atomic mass is 32.3. The van der Waals surface area contributed by atoms with Crippen molar-refractivity contribution in [3.8, 4) is 11.5 Å². The molecule has 0 fully saturated rings. The Morgan fingerprint density at radius 1 is 1.44 bits per heavy atom. The van der Waals surface area contributed by atoms with E-state index in [1.54, 1.807) is 0 Å². The number of phenolic OH excluding ortho intramolecular Hbond substituents is 1. The molecule has 8 heteroatoms. The molecule has 16 heavy (non-hydrogen) atoms. The maximum absolute atomic E-state index is 10.7. The van der Waals surface area contributed by atoms with Crippen LogP contribution in [0.5, 0.6) is 11.5 Å². The van der Waals surface area contributed by atoms with Crippen molar-refractivity contribution >= 4 is 22.0 Å². The lowest BCUT2D eigenvalue weighted by Crippen LogP contribution is -2.08. The molecule has 0 aliphatic rings. The van der Waals surface area contributed by atoms with Crippen molar-refractivity contribution in [1.29, 1.82) is 0 Å². The normalized spacial score (nSPS) is 10.9. The van der Waals surface area contributed by atoms with E-state index in [0.29, 0.717) is 0 Å². The number of rotatable bonds is 3. The van der Waals surface area contributed by atoms with Crippen LogP contribution < -0.4 is 9.50 Å². The zero-order chi connectivity index (χ0) is 12.3. The van der Waals surface area contributed by atoms with E-state index in [1.807, 2.05) is 0 Å². The van der Waals surface area contributed by atoms with Crippen LogP contribution in [0.25, 0.3) is 0 Å². The predicted molar refractivity (Wildman–Crippen MR) is 54.6 cm³/mol. The molecule has 0 unspecified atom stereocenters. The highest BCUT2D eigenvalue weighted by Gasteiger charge is 2.10. The van der Waals surface area contributed by atoms with E-state index in [2.05, 4.69) is 9.50 Å². The monoisotopic (exact) mass is 247 g/mol. The van der Waals surface area contributed by atoms with Gasteiger partial charge in [-0.25, -0.2) is 0 Å². The number of nitrogens with one attached hydrogen (secondary N) is 1. The van der Waals surface area contributed by atoms with Gasteiger partial charge >= 0.3 is 10.4 Å². The molecular formula is C8H9NO6S. The molecule has 0 saturated carbocycles. The molecule has 0 aromatic heterocycles. The zero-order valence-electron chi connectivity index (χ0n) is 8.17. The van der Waals surface area contributed by atoms with Gasteiger partial charge in [-0.15, -0.1) is 0 Å². The third kappa shape index (κ3) is 3.75. The first-order chi connectivity index (χ1) is 7.28. The fraction of sp³-hybridized carbons (Fsp3) is 0.125. The topological polar surface area (TPSA) is 113 Å². The molecule has 3 N–H and O–H groups in total. The second kappa shape index (κ2) is 4.37. The van der Waals surface area contributed by atoms with Gasteiger partial charge in [0.05, 0.1) is 5.69 Å². The molecular weight excluding hydrogens is 238 g/mol. The highest BCUT2D eigenvalue weighted by molar-refractivity contribution is 7.81. The number of phenols is 1. The summed E-state index contributed by atoms with van der Waals surface area (Å²) >= 11 is 0. The Morgan fingerprint density at radius 2 is 2.06 bits per heavy atom. The van der Waals surface area contributed by atoms with E-state index < -0.39 is 16.3 Å². The van der Waals surface area contributed by atoms with E-state index in [9.17, 15) is 18.3 Å². The van der Waals surface area contributed by atoms with Crippen molar-refractivity contribution < 1.29 is 27.1 Å². The minimum atomic E-state index is -4.63. The van der Waals surface area contributed by atoms with E-state index in [1.165, 1.54) is 19.1 Å². The van der Waals surface area contributed by atoms with Gasteiger partial charge in [-0.1, -0.05) is 0 Å². The highest BCUT2D eigenvalue weighted by Crippen LogP contribution is 2.28. The third-order valence-electron chi connectivity index (χ3n) is 1.48. The molecule has 1 amide bonds. The molecule has 0 spiro atoms. The van der Waals surface area contributed by atoms with Crippen LogP contribution in [0.15, 0.2) is 18.2 Å². The standard InChI is InChI=1S/C8H9NO6S/c1-5(10)9-7-3-2-6(4-8(7)11)15-16(12,13)14/h2-4,11H,1H3,(H,9,10)(H,12,13,14). The number of benzene rings is 1. The van der Waals surface area contributed by atoms with Crippen LogP contribution in [-0.4, -0.2) is 24.0 Å². The average molecular weight is 247 g/mol. The molecule has 0 heterocycles. The summed E-state index contributed by atoms with van der Waals surface area (Å²) in [4.78, 5) is 10.7. The minimum absolute atomic E-state index is 0.107. The maximum Gasteiger partial charge on any atom is 0.446 e. The Balaban J connectivity index is 2.95. The number of aromatic hydroxyl groups is 1. The summed E-state index contributed by atoms with van der Waals surface area (Å²) in [5.74, 6) is -1.04. The molecule has 0 saturated heterocycles. The zero-order valence-corrected chi connectivity index (χ0v) is 8.98. The van der Waals surface area contributed by atoms with Gasteiger partial charge < -0.3 is 14.6 Å². The lowest BCUT2D eigenvalue weighted by molar-refractivity contribution is -0.114. The summed E-state index contributed by atoms with van der Waals surface area (Å²) in [7, 11) is -4.63. The van der Waals surface area contributed by atoms with Crippen LogP contribution in [0.1, 0.15) is 6.92 Å². The largest absolute Gasteiger partial charge is 0.506 e. The number of carbonyl (C=O) groups is 1. The van der Waals surface area contributed by atoms with E-state index >= 15 is 0 Å². The van der Waals surface area contributed by atoms with Crippen LogP contribution >= 0.6 is 0 Å². The van der Waals surface area contributed by atoms with Gasteiger partial charge in [0.15, 0.2) is 0 Å². The first-order valence-electron chi connectivity index (χ1n) is 4.05. The molecule has 1 aromatic rings. The lowest BCUT2D eigenvalue weighted by Gasteiger charge is -2.06. The fourth-order valence-corrected chi connectivity index (χ4v) is 1.33. The lowest BCUT2D eigenvalue weighted by atomic mass is 10.3. The molecule has 1 aromatic carbocycles. The van der Waals surface area contributed by atoms with Gasteiger partial charge in [0, 0.05) is 13.0 Å². The van der Waals surface area contributed by atoms with Gasteiger partial charge in [0.25, 0.3) is 0 Å². The van der Waals surface area contributed by atoms with Crippen molar-refractivity contribution in [3.05, 3.63) is 18.2 Å². The Bertz CT molecular complexity index is 509. The Hall–Kier alpha value is -1.80. The van der Waals surface area contributed by atoms with Crippen LogP contribution in [0.3, 0.4) is 0 Å².